The fourth-order valence-electron chi connectivity index (χ4n) is 1.82. The Balaban J connectivity index is 2.86. The van der Waals surface area contributed by atoms with Gasteiger partial charge in [0, 0.05) is 27.7 Å². The van der Waals surface area contributed by atoms with Crippen LogP contribution in [-0.4, -0.2) is 22.6 Å². The van der Waals surface area contributed by atoms with Crippen molar-refractivity contribution >= 4 is 10.8 Å². The standard InChI is InChI=1S/C16H27NO2S/c1-6-9-17-11-13-7-8-15(19-5)14(10-13)12-20(18)16(2,3)4/h7-8,10,17H,6,9,11-12H2,1-5H3. The Morgan fingerprint density at radius 2 is 2.00 bits per heavy atom. The van der Waals surface area contributed by atoms with Gasteiger partial charge in [-0.3, -0.25) is 4.21 Å². The fraction of sp³-hybridized carbons (Fsp3) is 0.625. The molecule has 0 spiro atoms. The van der Waals surface area contributed by atoms with Gasteiger partial charge in [0.15, 0.2) is 0 Å². The second-order valence-corrected chi connectivity index (χ2v) is 8.13. The number of benzene rings is 1. The van der Waals surface area contributed by atoms with E-state index in [2.05, 4.69) is 24.4 Å². The molecule has 0 aliphatic heterocycles. The first-order valence-electron chi connectivity index (χ1n) is 7.13. The van der Waals surface area contributed by atoms with Crippen LogP contribution in [0.3, 0.4) is 0 Å². The van der Waals surface area contributed by atoms with E-state index >= 15 is 0 Å². The highest BCUT2D eigenvalue weighted by Gasteiger charge is 2.21. The highest BCUT2D eigenvalue weighted by atomic mass is 32.2. The molecule has 0 heterocycles. The van der Waals surface area contributed by atoms with Crippen molar-refractivity contribution in [2.24, 2.45) is 0 Å². The Labute approximate surface area is 125 Å². The zero-order valence-corrected chi connectivity index (χ0v) is 14.1. The first kappa shape index (κ1) is 17.2. The molecule has 1 aromatic rings. The van der Waals surface area contributed by atoms with Gasteiger partial charge in [-0.05, 0) is 51.4 Å². The van der Waals surface area contributed by atoms with Crippen LogP contribution in [0, 0.1) is 0 Å². The summed E-state index contributed by atoms with van der Waals surface area (Å²) in [6, 6.07) is 6.13. The molecule has 0 aliphatic carbocycles. The number of rotatable bonds is 7. The number of methoxy groups -OCH3 is 1. The lowest BCUT2D eigenvalue weighted by Crippen LogP contribution is -2.23. The third-order valence-electron chi connectivity index (χ3n) is 3.07. The number of hydrogen-bond acceptors (Lipinski definition) is 3. The Hall–Kier alpha value is -0.870. The second-order valence-electron chi connectivity index (χ2n) is 5.93. The van der Waals surface area contributed by atoms with Crippen LogP contribution in [0.2, 0.25) is 0 Å². The summed E-state index contributed by atoms with van der Waals surface area (Å²) < 4.78 is 17.5. The average Bonchev–Trinajstić information content (AvgIpc) is 2.38. The smallest absolute Gasteiger partial charge is 0.123 e. The number of hydrogen-bond donors (Lipinski definition) is 1. The monoisotopic (exact) mass is 297 g/mol. The molecule has 114 valence electrons. The molecular formula is C16H27NO2S. The predicted molar refractivity (Wildman–Crippen MR) is 86.6 cm³/mol. The van der Waals surface area contributed by atoms with Crippen molar-refractivity contribution in [1.29, 1.82) is 0 Å². The minimum absolute atomic E-state index is 0.207. The van der Waals surface area contributed by atoms with Crippen molar-refractivity contribution in [3.63, 3.8) is 0 Å². The van der Waals surface area contributed by atoms with E-state index in [4.69, 9.17) is 4.74 Å². The van der Waals surface area contributed by atoms with Crippen LogP contribution in [0.5, 0.6) is 5.75 Å². The summed E-state index contributed by atoms with van der Waals surface area (Å²) in [5.74, 6) is 1.36. The molecule has 1 rings (SSSR count). The van der Waals surface area contributed by atoms with Crippen LogP contribution in [0.1, 0.15) is 45.2 Å². The van der Waals surface area contributed by atoms with Gasteiger partial charge < -0.3 is 10.1 Å². The molecule has 4 heteroatoms. The normalized spacial score (nSPS) is 13.2. The summed E-state index contributed by atoms with van der Waals surface area (Å²) in [5, 5.41) is 3.38. The van der Waals surface area contributed by atoms with Crippen molar-refractivity contribution in [2.45, 2.75) is 51.2 Å². The van der Waals surface area contributed by atoms with E-state index in [-0.39, 0.29) is 4.75 Å². The Morgan fingerprint density at radius 3 is 2.55 bits per heavy atom. The molecule has 0 amide bonds. The molecule has 0 radical (unpaired) electrons. The van der Waals surface area contributed by atoms with Gasteiger partial charge in [0.05, 0.1) is 12.9 Å². The molecule has 0 saturated carbocycles. The molecule has 0 bridgehead atoms. The van der Waals surface area contributed by atoms with E-state index in [0.717, 1.165) is 30.8 Å². The SMILES string of the molecule is CCCNCc1ccc(OC)c(CS(=O)C(C)(C)C)c1. The van der Waals surface area contributed by atoms with E-state index in [0.29, 0.717) is 5.75 Å². The van der Waals surface area contributed by atoms with Gasteiger partial charge in [-0.15, -0.1) is 0 Å². The third kappa shape index (κ3) is 5.25. The topological polar surface area (TPSA) is 38.3 Å². The molecule has 0 saturated heterocycles. The van der Waals surface area contributed by atoms with E-state index < -0.39 is 10.8 Å². The molecule has 3 nitrogen and oxygen atoms in total. The fourth-order valence-corrected chi connectivity index (χ4v) is 2.76. The molecule has 1 aromatic carbocycles. The summed E-state index contributed by atoms with van der Waals surface area (Å²) in [6.45, 7) is 10.0. The van der Waals surface area contributed by atoms with Gasteiger partial charge in [0.1, 0.15) is 5.75 Å². The van der Waals surface area contributed by atoms with Crippen LogP contribution in [-0.2, 0) is 23.1 Å². The van der Waals surface area contributed by atoms with Crippen molar-refractivity contribution in [1.82, 2.24) is 5.32 Å². The predicted octanol–water partition coefficient (Wildman–Crippen LogP) is 3.24. The summed E-state index contributed by atoms with van der Waals surface area (Å²) in [5.41, 5.74) is 2.23. The third-order valence-corrected chi connectivity index (χ3v) is 5.01. The highest BCUT2D eigenvalue weighted by molar-refractivity contribution is 7.85. The van der Waals surface area contributed by atoms with Gasteiger partial charge >= 0.3 is 0 Å². The van der Waals surface area contributed by atoms with Crippen LogP contribution in [0.15, 0.2) is 18.2 Å². The highest BCUT2D eigenvalue weighted by Crippen LogP contribution is 2.25. The van der Waals surface area contributed by atoms with Crippen molar-refractivity contribution in [2.75, 3.05) is 13.7 Å². The van der Waals surface area contributed by atoms with E-state index in [1.54, 1.807) is 7.11 Å². The van der Waals surface area contributed by atoms with Gasteiger partial charge in [-0.2, -0.15) is 0 Å². The van der Waals surface area contributed by atoms with Crippen molar-refractivity contribution in [3.8, 4) is 5.75 Å². The lowest BCUT2D eigenvalue weighted by Gasteiger charge is -2.19. The Bertz CT molecular complexity index is 452. The molecular weight excluding hydrogens is 270 g/mol. The Kier molecular flexibility index (Phi) is 6.69. The van der Waals surface area contributed by atoms with Crippen molar-refractivity contribution < 1.29 is 8.95 Å². The van der Waals surface area contributed by atoms with Gasteiger partial charge in [-0.1, -0.05) is 13.0 Å². The molecule has 1 unspecified atom stereocenters. The quantitative estimate of drug-likeness (QED) is 0.785. The maximum absolute atomic E-state index is 12.3. The van der Waals surface area contributed by atoms with E-state index in [9.17, 15) is 4.21 Å². The second kappa shape index (κ2) is 7.79. The van der Waals surface area contributed by atoms with Crippen LogP contribution < -0.4 is 10.1 Å². The lowest BCUT2D eigenvalue weighted by atomic mass is 10.1. The van der Waals surface area contributed by atoms with E-state index in [1.165, 1.54) is 5.56 Å². The maximum Gasteiger partial charge on any atom is 0.123 e. The minimum atomic E-state index is -0.916. The zero-order chi connectivity index (χ0) is 15.2. The summed E-state index contributed by atoms with van der Waals surface area (Å²) in [4.78, 5) is 0. The van der Waals surface area contributed by atoms with Crippen LogP contribution >= 0.6 is 0 Å². The minimum Gasteiger partial charge on any atom is -0.496 e. The van der Waals surface area contributed by atoms with Crippen LogP contribution in [0.25, 0.3) is 0 Å². The van der Waals surface area contributed by atoms with Crippen LogP contribution in [0.4, 0.5) is 0 Å². The molecule has 0 aromatic heterocycles. The first-order chi connectivity index (χ1) is 9.38. The zero-order valence-electron chi connectivity index (χ0n) is 13.3. The number of nitrogens with one attached hydrogen (secondary N) is 1. The molecule has 0 fully saturated rings. The van der Waals surface area contributed by atoms with Crippen molar-refractivity contribution in [3.05, 3.63) is 29.3 Å². The lowest BCUT2D eigenvalue weighted by molar-refractivity contribution is 0.411. The summed E-state index contributed by atoms with van der Waals surface area (Å²) in [6.07, 6.45) is 1.12. The number of ether oxygens (including phenoxy) is 1. The summed E-state index contributed by atoms with van der Waals surface area (Å²) in [7, 11) is 0.744. The average molecular weight is 297 g/mol. The molecule has 1 N–H and O–H groups in total. The molecule has 20 heavy (non-hydrogen) atoms. The Morgan fingerprint density at radius 1 is 1.30 bits per heavy atom. The maximum atomic E-state index is 12.3. The molecule has 1 atom stereocenters. The molecule has 0 aliphatic rings. The summed E-state index contributed by atoms with van der Waals surface area (Å²) >= 11 is 0. The van der Waals surface area contributed by atoms with Gasteiger partial charge in [0.2, 0.25) is 0 Å². The van der Waals surface area contributed by atoms with Gasteiger partial charge in [-0.25, -0.2) is 0 Å². The van der Waals surface area contributed by atoms with Gasteiger partial charge in [0.25, 0.3) is 0 Å². The first-order valence-corrected chi connectivity index (χ1v) is 8.45. The largest absolute Gasteiger partial charge is 0.496 e. The van der Waals surface area contributed by atoms with E-state index in [1.807, 2.05) is 26.8 Å².